The van der Waals surface area contributed by atoms with Crippen molar-refractivity contribution in [2.45, 2.75) is 148 Å². The lowest BCUT2D eigenvalue weighted by Gasteiger charge is -2.35. The van der Waals surface area contributed by atoms with Gasteiger partial charge in [0.15, 0.2) is 20.0 Å². The number of hydrogen-bond donors (Lipinski definition) is 1. The quantitative estimate of drug-likeness (QED) is 0.0411. The molecule has 0 saturated carbocycles. The Labute approximate surface area is 695 Å². The summed E-state index contributed by atoms with van der Waals surface area (Å²) in [6.45, 7) is 23.1. The summed E-state index contributed by atoms with van der Waals surface area (Å²) in [4.78, 5) is 56.3. The van der Waals surface area contributed by atoms with Crippen molar-refractivity contribution in [1.29, 1.82) is 0 Å². The zero-order valence-electron chi connectivity index (χ0n) is 68.4. The van der Waals surface area contributed by atoms with Crippen LogP contribution in [-0.2, 0) is 83.0 Å². The molecular formula is C83H108Br2N6O20S4. The van der Waals surface area contributed by atoms with Crippen LogP contribution >= 0.6 is 31.9 Å². The standard InChI is InChI=1S/C26H34N2O6S.C25H34N2O6S.C17H22BrNO4S.C15H18BrNO4S/c1-18-16-21(10-11-22(18)23-8-7-9-24(27-23)34-17-19(2)32-5)20-12-14-28(15-13-20)35(30,31)26(3,4)25(29)33-6;1-17-15-20(9-10-21(17)22-7-6-8-23(26-22)33-16-18(2)28)19-11-13-27(14-12-19)34(30,31)25(3,4)24(29)32-5;1-12-11-14(5-6-15(12)18)13-7-9-19(10-8-13)24(21,22)17(2,3)16(20)23-4;1-11-9-13(3-4-14(11)16)12-5-7-17(8-6-12)22(19,20)10-15(18)21-2/h7-12,16,19H,13-15,17H2,1-6H3;6-10,15,18-19,28H,11-14,16H2,1-5H3;5-7,11H,8-10H2,1-4H3;3-5,9H,6-8,10H2,1-2H3. The van der Waals surface area contributed by atoms with E-state index in [1.54, 1.807) is 20.1 Å². The number of aliphatic hydroxyl groups is 1. The lowest BCUT2D eigenvalue weighted by molar-refractivity contribution is -0.143. The second-order valence-corrected chi connectivity index (χ2v) is 40.9. The number of aromatic nitrogens is 2. The summed E-state index contributed by atoms with van der Waals surface area (Å²) in [6.07, 6.45) is 8.27. The molecular weight excluding hydrogens is 1690 g/mol. The summed E-state index contributed by atoms with van der Waals surface area (Å²) in [6, 6.07) is 35.8. The Morgan fingerprint density at radius 3 is 1.21 bits per heavy atom. The average molecular weight is 1800 g/mol. The molecule has 10 rings (SSSR count). The normalized spacial score (nSPS) is 16.4. The number of piperidine rings is 1. The first kappa shape index (κ1) is 94.5. The maximum Gasteiger partial charge on any atom is 0.328 e. The van der Waals surface area contributed by atoms with E-state index in [4.69, 9.17) is 23.7 Å². The van der Waals surface area contributed by atoms with Crippen LogP contribution < -0.4 is 9.47 Å². The Morgan fingerprint density at radius 2 is 0.852 bits per heavy atom. The van der Waals surface area contributed by atoms with Crippen molar-refractivity contribution < 1.29 is 91.1 Å². The lowest BCUT2D eigenvalue weighted by Crippen LogP contribution is -2.52. The molecule has 2 atom stereocenters. The minimum atomic E-state index is -3.86. The molecule has 115 heavy (non-hydrogen) atoms. The first-order chi connectivity index (χ1) is 53.9. The molecule has 0 bridgehead atoms. The van der Waals surface area contributed by atoms with Gasteiger partial charge in [-0.25, -0.2) is 47.9 Å². The predicted octanol–water partition coefficient (Wildman–Crippen LogP) is 12.6. The Kier molecular flexibility index (Phi) is 33.5. The second kappa shape index (κ2) is 40.7. The van der Waals surface area contributed by atoms with Gasteiger partial charge in [0.2, 0.25) is 51.9 Å². The van der Waals surface area contributed by atoms with Crippen LogP contribution in [0.4, 0.5) is 0 Å². The number of aliphatic hydroxyl groups excluding tert-OH is 1. The van der Waals surface area contributed by atoms with Crippen LogP contribution in [0.2, 0.25) is 0 Å². The van der Waals surface area contributed by atoms with Crippen LogP contribution in [0.25, 0.3) is 39.2 Å². The van der Waals surface area contributed by atoms with E-state index in [1.807, 2.05) is 126 Å². The molecule has 0 radical (unpaired) electrons. The van der Waals surface area contributed by atoms with Gasteiger partial charge in [-0.05, 0) is 207 Å². The highest BCUT2D eigenvalue weighted by Crippen LogP contribution is 2.38. The van der Waals surface area contributed by atoms with Crippen molar-refractivity contribution in [2.24, 2.45) is 0 Å². The van der Waals surface area contributed by atoms with Crippen molar-refractivity contribution in [3.63, 3.8) is 0 Å². The van der Waals surface area contributed by atoms with Crippen molar-refractivity contribution in [3.05, 3.63) is 181 Å². The number of hydrogen-bond acceptors (Lipinski definition) is 22. The molecule has 0 spiro atoms. The van der Waals surface area contributed by atoms with Crippen molar-refractivity contribution >= 4 is 113 Å². The van der Waals surface area contributed by atoms with Crippen LogP contribution in [0.3, 0.4) is 0 Å². The Hall–Kier alpha value is -7.60. The maximum atomic E-state index is 13.0. The average Bonchev–Trinajstić information content (AvgIpc) is 0.781. The molecule has 2 unspecified atom stereocenters. The first-order valence-corrected chi connectivity index (χ1v) is 45.0. The summed E-state index contributed by atoms with van der Waals surface area (Å²) in [7, 11) is -8.66. The zero-order valence-corrected chi connectivity index (χ0v) is 74.9. The van der Waals surface area contributed by atoms with E-state index < -0.39 is 90.1 Å². The van der Waals surface area contributed by atoms with Gasteiger partial charge in [0.05, 0.1) is 52.0 Å². The van der Waals surface area contributed by atoms with Gasteiger partial charge in [-0.15, -0.1) is 0 Å². The Balaban J connectivity index is 0.000000216. The molecule has 2 aromatic heterocycles. The van der Waals surface area contributed by atoms with Crippen LogP contribution in [0, 0.1) is 27.7 Å². The molecule has 1 saturated heterocycles. The highest BCUT2D eigenvalue weighted by molar-refractivity contribution is 9.10. The van der Waals surface area contributed by atoms with E-state index in [2.05, 4.69) is 81.6 Å². The number of nitrogens with zero attached hydrogens (tertiary/aromatic N) is 6. The number of pyridine rings is 2. The molecule has 1 N–H and O–H groups in total. The topological polar surface area (TPSA) is 328 Å². The number of carbonyl (C=O) groups is 4. The van der Waals surface area contributed by atoms with Crippen molar-refractivity contribution in [2.75, 3.05) is 107 Å². The third-order valence-corrected chi connectivity index (χ3v) is 31.5. The third kappa shape index (κ3) is 23.4. The smallest absolute Gasteiger partial charge is 0.328 e. The fourth-order valence-corrected chi connectivity index (χ4v) is 19.5. The van der Waals surface area contributed by atoms with Gasteiger partial charge in [-0.2, -0.15) is 12.9 Å². The summed E-state index contributed by atoms with van der Waals surface area (Å²) >= 11 is 6.95. The van der Waals surface area contributed by atoms with Crippen LogP contribution in [0.5, 0.6) is 11.8 Å². The third-order valence-electron chi connectivity index (χ3n) is 20.6. The lowest BCUT2D eigenvalue weighted by atomic mass is 9.88. The number of rotatable bonds is 25. The molecule has 1 fully saturated rings. The van der Waals surface area contributed by atoms with Gasteiger partial charge in [0, 0.05) is 91.7 Å². The van der Waals surface area contributed by atoms with Crippen LogP contribution in [-0.4, -0.2) is 223 Å². The molecule has 0 amide bonds. The molecule has 4 aliphatic rings. The number of sulfonamides is 4. The minimum Gasteiger partial charge on any atom is -0.475 e. The molecule has 4 aliphatic heterocycles. The fraction of sp³-hybridized carbons (Fsp3) is 0.470. The summed E-state index contributed by atoms with van der Waals surface area (Å²) in [5, 5.41) is 9.43. The largest absolute Gasteiger partial charge is 0.475 e. The number of esters is 4. The van der Waals surface area contributed by atoms with E-state index in [-0.39, 0.29) is 38.3 Å². The fourth-order valence-electron chi connectivity index (χ4n) is 13.0. The highest BCUT2D eigenvalue weighted by Gasteiger charge is 2.50. The molecule has 32 heteroatoms. The highest BCUT2D eigenvalue weighted by atomic mass is 79.9. The molecule has 26 nitrogen and oxygen atoms in total. The number of halogens is 2. The summed E-state index contributed by atoms with van der Waals surface area (Å²) < 4.78 is 139. The van der Waals surface area contributed by atoms with E-state index in [0.29, 0.717) is 83.2 Å². The first-order valence-electron chi connectivity index (χ1n) is 37.4. The number of aryl methyl sites for hydroxylation is 4. The van der Waals surface area contributed by atoms with E-state index in [9.17, 15) is 58.0 Å². The number of ether oxygens (including phenoxy) is 7. The monoisotopic (exact) mass is 1790 g/mol. The molecule has 6 heterocycles. The Morgan fingerprint density at radius 1 is 0.478 bits per heavy atom. The summed E-state index contributed by atoms with van der Waals surface area (Å²) in [5.41, 5.74) is 15.7. The van der Waals surface area contributed by atoms with E-state index >= 15 is 0 Å². The molecule has 4 aromatic carbocycles. The molecule has 0 aliphatic carbocycles. The van der Waals surface area contributed by atoms with Gasteiger partial charge in [0.1, 0.15) is 13.2 Å². The van der Waals surface area contributed by atoms with Gasteiger partial charge in [-0.3, -0.25) is 19.2 Å². The number of carbonyl (C=O) groups excluding carboxylic acids is 4. The van der Waals surface area contributed by atoms with E-state index in [1.165, 1.54) is 87.2 Å². The van der Waals surface area contributed by atoms with Gasteiger partial charge in [0.25, 0.3) is 0 Å². The van der Waals surface area contributed by atoms with Crippen molar-refractivity contribution in [3.8, 4) is 34.3 Å². The predicted molar refractivity (Wildman–Crippen MR) is 453 cm³/mol. The maximum absolute atomic E-state index is 13.0. The number of methoxy groups -OCH3 is 5. The SMILES string of the molecule is COC(=O)C(C)(C)S(=O)(=O)N1CC=C(c2ccc(-c3cccc(OCC(C)OC)n3)c(C)c2)CC1.COC(=O)C(C)(C)S(=O)(=O)N1CC=C(c2ccc(Br)c(C)c2)CC1.COC(=O)C(C)(C)S(=O)(=O)N1CCC(c2ccc(-c3cccc(OCC(C)O)n3)c(C)c2)CC1.COC(=O)CS(=O)(=O)N1CC=C(c2ccc(Br)c(C)c2)CC1. The zero-order chi connectivity index (χ0) is 85.3. The van der Waals surface area contributed by atoms with Gasteiger partial charge >= 0.3 is 23.9 Å². The molecule has 628 valence electrons. The van der Waals surface area contributed by atoms with Gasteiger partial charge < -0.3 is 38.3 Å². The van der Waals surface area contributed by atoms with Gasteiger partial charge in [-0.1, -0.05) is 123 Å². The number of benzene rings is 4. The molecule has 6 aromatic rings. The van der Waals surface area contributed by atoms with Crippen LogP contribution in [0.1, 0.15) is 138 Å². The second-order valence-electron chi connectivity index (χ2n) is 29.8. The minimum absolute atomic E-state index is 0.0253. The Bertz CT molecular complexity index is 5060. The summed E-state index contributed by atoms with van der Waals surface area (Å²) in [5.74, 6) is -2.38. The van der Waals surface area contributed by atoms with Crippen molar-refractivity contribution in [1.82, 2.24) is 27.2 Å². The van der Waals surface area contributed by atoms with Crippen LogP contribution in [0.15, 0.2) is 136 Å². The van der Waals surface area contributed by atoms with E-state index in [0.717, 1.165) is 92.7 Å².